The van der Waals surface area contributed by atoms with E-state index in [9.17, 15) is 5.11 Å². The van der Waals surface area contributed by atoms with Gasteiger partial charge in [0.1, 0.15) is 0 Å². The fourth-order valence-electron chi connectivity index (χ4n) is 3.12. The molecule has 118 valence electrons. The van der Waals surface area contributed by atoms with Crippen molar-refractivity contribution in [1.29, 1.82) is 0 Å². The molecule has 1 aromatic carbocycles. The van der Waals surface area contributed by atoms with Gasteiger partial charge in [-0.15, -0.1) is 0 Å². The van der Waals surface area contributed by atoms with Crippen LogP contribution in [0.4, 0.5) is 0 Å². The van der Waals surface area contributed by atoms with E-state index in [0.29, 0.717) is 32.6 Å². The summed E-state index contributed by atoms with van der Waals surface area (Å²) in [4.78, 5) is 2.16. The molecule has 21 heavy (non-hydrogen) atoms. The van der Waals surface area contributed by atoms with Gasteiger partial charge in [0.15, 0.2) is 0 Å². The van der Waals surface area contributed by atoms with Crippen molar-refractivity contribution in [2.45, 2.75) is 37.5 Å². The van der Waals surface area contributed by atoms with Gasteiger partial charge in [-0.2, -0.15) is 0 Å². The Morgan fingerprint density at radius 1 is 1.43 bits per heavy atom. The van der Waals surface area contributed by atoms with Gasteiger partial charge in [0, 0.05) is 49.2 Å². The third-order valence-corrected chi connectivity index (χ3v) is 4.62. The molecule has 0 saturated carbocycles. The number of aliphatic hydroxyl groups is 1. The largest absolute Gasteiger partial charge is 0.388 e. The van der Waals surface area contributed by atoms with E-state index in [4.69, 9.17) is 10.5 Å². The van der Waals surface area contributed by atoms with Gasteiger partial charge < -0.3 is 15.6 Å². The Kier molecular flexibility index (Phi) is 5.80. The lowest BCUT2D eigenvalue weighted by Crippen LogP contribution is -2.49. The van der Waals surface area contributed by atoms with Crippen molar-refractivity contribution in [2.24, 2.45) is 5.73 Å². The van der Waals surface area contributed by atoms with E-state index in [2.05, 4.69) is 33.0 Å². The quantitative estimate of drug-likeness (QED) is 0.849. The van der Waals surface area contributed by atoms with Crippen LogP contribution in [0.1, 0.15) is 31.4 Å². The van der Waals surface area contributed by atoms with Gasteiger partial charge in [-0.1, -0.05) is 28.1 Å². The summed E-state index contributed by atoms with van der Waals surface area (Å²) in [5, 5.41) is 10.7. The highest BCUT2D eigenvalue weighted by Gasteiger charge is 2.34. The molecule has 1 aliphatic rings. The predicted octanol–water partition coefficient (Wildman–Crippen LogP) is 2.31. The van der Waals surface area contributed by atoms with E-state index >= 15 is 0 Å². The first kappa shape index (κ1) is 16.9. The van der Waals surface area contributed by atoms with Crippen molar-refractivity contribution < 1.29 is 9.84 Å². The Bertz CT molecular complexity index is 461. The second kappa shape index (κ2) is 7.20. The van der Waals surface area contributed by atoms with Crippen LogP contribution in [0.2, 0.25) is 0 Å². The van der Waals surface area contributed by atoms with Crippen molar-refractivity contribution in [3.05, 3.63) is 34.3 Å². The van der Waals surface area contributed by atoms with Crippen LogP contribution in [0.5, 0.6) is 0 Å². The van der Waals surface area contributed by atoms with E-state index in [0.717, 1.165) is 10.0 Å². The summed E-state index contributed by atoms with van der Waals surface area (Å²) in [6, 6.07) is 8.27. The minimum absolute atomic E-state index is 0.0206. The first-order valence-electron chi connectivity index (χ1n) is 7.43. The summed E-state index contributed by atoms with van der Waals surface area (Å²) in [5.41, 5.74) is 6.69. The average Bonchev–Trinajstić information content (AvgIpc) is 2.38. The van der Waals surface area contributed by atoms with Gasteiger partial charge >= 0.3 is 0 Å². The summed E-state index contributed by atoms with van der Waals surface area (Å²) >= 11 is 3.51. The molecule has 2 atom stereocenters. The zero-order chi connectivity index (χ0) is 15.5. The number of hydrogen-bond donors (Lipinski definition) is 2. The summed E-state index contributed by atoms with van der Waals surface area (Å²) < 4.78 is 6.39. The topological polar surface area (TPSA) is 58.7 Å². The summed E-state index contributed by atoms with van der Waals surface area (Å²) in [7, 11) is 2.03. The fraction of sp³-hybridized carbons (Fsp3) is 0.625. The molecule has 4 nitrogen and oxygen atoms in total. The molecule has 0 bridgehead atoms. The average molecular weight is 357 g/mol. The number of nitrogens with zero attached hydrogens (tertiary/aromatic N) is 1. The van der Waals surface area contributed by atoms with Gasteiger partial charge in [-0.25, -0.2) is 0 Å². The number of ether oxygens (including phenoxy) is 1. The highest BCUT2D eigenvalue weighted by atomic mass is 79.9. The van der Waals surface area contributed by atoms with Crippen LogP contribution >= 0.6 is 15.9 Å². The number of rotatable bonds is 5. The van der Waals surface area contributed by atoms with Gasteiger partial charge in [0.05, 0.1) is 5.60 Å². The van der Waals surface area contributed by atoms with Crippen LogP contribution in [0.3, 0.4) is 0 Å². The smallest absolute Gasteiger partial charge is 0.0818 e. The maximum absolute atomic E-state index is 10.7. The first-order valence-corrected chi connectivity index (χ1v) is 8.22. The van der Waals surface area contributed by atoms with Gasteiger partial charge in [0.2, 0.25) is 0 Å². The lowest BCUT2D eigenvalue weighted by Gasteiger charge is -2.40. The minimum atomic E-state index is -0.674. The Morgan fingerprint density at radius 3 is 2.67 bits per heavy atom. The molecule has 5 heteroatoms. The Balaban J connectivity index is 2.14. The number of benzene rings is 1. The molecule has 2 rings (SSSR count). The lowest BCUT2D eigenvalue weighted by molar-refractivity contribution is -0.0824. The Hall–Kier alpha value is -0.460. The molecule has 0 spiro atoms. The summed E-state index contributed by atoms with van der Waals surface area (Å²) in [6.45, 7) is 3.87. The van der Waals surface area contributed by atoms with Crippen LogP contribution in [-0.2, 0) is 4.74 Å². The lowest BCUT2D eigenvalue weighted by atomic mass is 9.91. The van der Waals surface area contributed by atoms with E-state index in [1.165, 1.54) is 0 Å². The van der Waals surface area contributed by atoms with Crippen LogP contribution in [-0.4, -0.2) is 48.5 Å². The summed E-state index contributed by atoms with van der Waals surface area (Å²) in [6.07, 6.45) is 1.36. The molecule has 2 unspecified atom stereocenters. The van der Waals surface area contributed by atoms with Gasteiger partial charge in [-0.05, 0) is 31.7 Å². The van der Waals surface area contributed by atoms with Crippen molar-refractivity contribution in [2.75, 3.05) is 26.8 Å². The molecule has 3 N–H and O–H groups in total. The van der Waals surface area contributed by atoms with Crippen LogP contribution in [0.15, 0.2) is 28.7 Å². The second-order valence-corrected chi connectivity index (χ2v) is 7.03. The van der Waals surface area contributed by atoms with Crippen LogP contribution in [0.25, 0.3) is 0 Å². The Morgan fingerprint density at radius 2 is 2.10 bits per heavy atom. The standard InChI is InChI=1S/C16H25BrN2O2/c1-12(18)15(13-4-3-5-14(17)10-13)19(2)11-16(20)6-8-21-9-7-16/h3-5,10,12,15,20H,6-9,11,18H2,1-2H3. The third-order valence-electron chi connectivity index (χ3n) is 4.13. The van der Waals surface area contributed by atoms with Crippen molar-refractivity contribution in [1.82, 2.24) is 4.90 Å². The molecular formula is C16H25BrN2O2. The van der Waals surface area contributed by atoms with E-state index in [1.54, 1.807) is 0 Å². The fourth-order valence-corrected chi connectivity index (χ4v) is 3.54. The maximum atomic E-state index is 10.7. The molecule has 0 radical (unpaired) electrons. The molecule has 1 fully saturated rings. The van der Waals surface area contributed by atoms with Crippen LogP contribution < -0.4 is 5.73 Å². The number of halogens is 1. The monoisotopic (exact) mass is 356 g/mol. The molecule has 0 amide bonds. The number of hydrogen-bond acceptors (Lipinski definition) is 4. The van der Waals surface area contributed by atoms with E-state index < -0.39 is 5.60 Å². The molecular weight excluding hydrogens is 332 g/mol. The summed E-state index contributed by atoms with van der Waals surface area (Å²) in [5.74, 6) is 0. The van der Waals surface area contributed by atoms with Gasteiger partial charge in [-0.3, -0.25) is 4.90 Å². The van der Waals surface area contributed by atoms with Gasteiger partial charge in [0.25, 0.3) is 0 Å². The van der Waals surface area contributed by atoms with Crippen LogP contribution in [0, 0.1) is 0 Å². The third kappa shape index (κ3) is 4.50. The minimum Gasteiger partial charge on any atom is -0.388 e. The molecule has 1 aromatic rings. The molecule has 1 saturated heterocycles. The highest BCUT2D eigenvalue weighted by Crippen LogP contribution is 2.29. The Labute approximate surface area is 135 Å². The first-order chi connectivity index (χ1) is 9.91. The van der Waals surface area contributed by atoms with E-state index in [1.807, 2.05) is 26.1 Å². The molecule has 0 aliphatic carbocycles. The maximum Gasteiger partial charge on any atom is 0.0818 e. The molecule has 0 aromatic heterocycles. The van der Waals surface area contributed by atoms with E-state index in [-0.39, 0.29) is 12.1 Å². The highest BCUT2D eigenvalue weighted by molar-refractivity contribution is 9.10. The zero-order valence-corrected chi connectivity index (χ0v) is 14.3. The van der Waals surface area contributed by atoms with Crippen molar-refractivity contribution in [3.8, 4) is 0 Å². The normalized spacial score (nSPS) is 21.2. The second-order valence-electron chi connectivity index (χ2n) is 6.11. The van der Waals surface area contributed by atoms with Crippen molar-refractivity contribution in [3.63, 3.8) is 0 Å². The van der Waals surface area contributed by atoms with Crippen molar-refractivity contribution >= 4 is 15.9 Å². The predicted molar refractivity (Wildman–Crippen MR) is 88.2 cm³/mol. The number of nitrogens with two attached hydrogens (primary N) is 1. The number of likely N-dealkylation sites (N-methyl/N-ethyl adjacent to an activating group) is 1. The SMILES string of the molecule is CC(N)C(c1cccc(Br)c1)N(C)CC1(O)CCOCC1. The molecule has 1 heterocycles. The zero-order valence-electron chi connectivity index (χ0n) is 12.8. The molecule has 1 aliphatic heterocycles.